The molecule has 0 bridgehead atoms. The Hall–Kier alpha value is -4.89. The van der Waals surface area contributed by atoms with E-state index in [-0.39, 0.29) is 5.56 Å². The molecule has 0 amide bonds. The number of nitrogens with one attached hydrogen (secondary N) is 1. The number of benzene rings is 2. The van der Waals surface area contributed by atoms with Crippen LogP contribution in [0.25, 0.3) is 10.9 Å². The predicted octanol–water partition coefficient (Wildman–Crippen LogP) is 4.96. The van der Waals surface area contributed by atoms with Gasteiger partial charge in [-0.2, -0.15) is 0 Å². The standard InChI is InChI=1S/C31H29N7O2/c1-21-14-25-16-27(31(39)33-28(25)15-22(21)2)29(30-34-35-36-38(30)20-26-11-7-13-40-26)37(18-23-8-4-3-5-9-23)19-24-10-6-12-32-17-24/h3-17,29H,18-20H2,1-2H3,(H,33,39)/t29-/m1/s1. The van der Waals surface area contributed by atoms with Crippen LogP contribution in [0, 0.1) is 13.8 Å². The summed E-state index contributed by atoms with van der Waals surface area (Å²) in [5, 5.41) is 13.8. The molecular weight excluding hydrogens is 502 g/mol. The van der Waals surface area contributed by atoms with E-state index in [2.05, 4.69) is 55.5 Å². The number of tetrazole rings is 1. The van der Waals surface area contributed by atoms with Crippen molar-refractivity contribution in [2.45, 2.75) is 39.5 Å². The monoisotopic (exact) mass is 531 g/mol. The lowest BCUT2D eigenvalue weighted by molar-refractivity contribution is 0.193. The number of pyridine rings is 2. The molecule has 9 nitrogen and oxygen atoms in total. The Morgan fingerprint density at radius 3 is 2.52 bits per heavy atom. The Balaban J connectivity index is 1.54. The number of aromatic nitrogens is 6. The number of aromatic amines is 1. The highest BCUT2D eigenvalue weighted by molar-refractivity contribution is 5.81. The minimum Gasteiger partial charge on any atom is -0.467 e. The number of fused-ring (bicyclic) bond motifs is 1. The summed E-state index contributed by atoms with van der Waals surface area (Å²) in [5.41, 5.74) is 5.57. The van der Waals surface area contributed by atoms with E-state index < -0.39 is 6.04 Å². The Labute approximate surface area is 231 Å². The minimum atomic E-state index is -0.569. The molecule has 4 aromatic heterocycles. The van der Waals surface area contributed by atoms with Crippen LogP contribution in [0.5, 0.6) is 0 Å². The van der Waals surface area contributed by atoms with Gasteiger partial charge in [0.1, 0.15) is 18.3 Å². The van der Waals surface area contributed by atoms with Crippen LogP contribution in [0.1, 0.15) is 45.4 Å². The number of hydrogen-bond acceptors (Lipinski definition) is 7. The van der Waals surface area contributed by atoms with Crippen molar-refractivity contribution in [2.75, 3.05) is 0 Å². The van der Waals surface area contributed by atoms with Crippen LogP contribution in [0.3, 0.4) is 0 Å². The molecule has 40 heavy (non-hydrogen) atoms. The minimum absolute atomic E-state index is 0.183. The molecule has 0 spiro atoms. The first-order chi connectivity index (χ1) is 19.5. The second kappa shape index (κ2) is 11.1. The number of furan rings is 1. The van der Waals surface area contributed by atoms with Crippen molar-refractivity contribution in [1.29, 1.82) is 0 Å². The van der Waals surface area contributed by atoms with E-state index >= 15 is 0 Å². The van der Waals surface area contributed by atoms with Gasteiger partial charge < -0.3 is 9.40 Å². The summed E-state index contributed by atoms with van der Waals surface area (Å²) < 4.78 is 7.30. The highest BCUT2D eigenvalue weighted by Crippen LogP contribution is 2.31. The topological polar surface area (TPSA) is 106 Å². The Kier molecular flexibility index (Phi) is 7.03. The molecule has 2 aromatic carbocycles. The lowest BCUT2D eigenvalue weighted by Crippen LogP contribution is -2.35. The third-order valence-electron chi connectivity index (χ3n) is 7.17. The van der Waals surface area contributed by atoms with Gasteiger partial charge in [0.05, 0.1) is 6.26 Å². The lowest BCUT2D eigenvalue weighted by Gasteiger charge is -2.31. The van der Waals surface area contributed by atoms with Crippen LogP contribution in [-0.4, -0.2) is 35.1 Å². The highest BCUT2D eigenvalue weighted by Gasteiger charge is 2.31. The van der Waals surface area contributed by atoms with E-state index in [4.69, 9.17) is 4.42 Å². The Bertz CT molecular complexity index is 1740. The molecule has 0 aliphatic heterocycles. The summed E-state index contributed by atoms with van der Waals surface area (Å²) >= 11 is 0. The largest absolute Gasteiger partial charge is 0.467 e. The van der Waals surface area contributed by atoms with Crippen LogP contribution in [0.15, 0.2) is 101 Å². The zero-order chi connectivity index (χ0) is 27.5. The molecule has 0 aliphatic carbocycles. The van der Waals surface area contributed by atoms with Gasteiger partial charge in [-0.3, -0.25) is 14.7 Å². The fourth-order valence-corrected chi connectivity index (χ4v) is 5.05. The molecule has 200 valence electrons. The van der Waals surface area contributed by atoms with E-state index in [9.17, 15) is 4.79 Å². The third-order valence-corrected chi connectivity index (χ3v) is 7.17. The summed E-state index contributed by atoms with van der Waals surface area (Å²) in [4.78, 5) is 23.5. The van der Waals surface area contributed by atoms with Crippen molar-refractivity contribution in [3.63, 3.8) is 0 Å². The van der Waals surface area contributed by atoms with Crippen LogP contribution in [-0.2, 0) is 19.6 Å². The molecule has 0 aliphatic rings. The number of rotatable bonds is 9. The Morgan fingerprint density at radius 1 is 0.950 bits per heavy atom. The molecule has 1 N–H and O–H groups in total. The van der Waals surface area contributed by atoms with Gasteiger partial charge in [0, 0.05) is 36.6 Å². The number of H-pyrrole nitrogens is 1. The van der Waals surface area contributed by atoms with Crippen LogP contribution < -0.4 is 5.56 Å². The van der Waals surface area contributed by atoms with Gasteiger partial charge in [0.2, 0.25) is 0 Å². The van der Waals surface area contributed by atoms with E-state index in [0.717, 1.165) is 33.2 Å². The summed E-state index contributed by atoms with van der Waals surface area (Å²) in [6.07, 6.45) is 5.22. The number of nitrogens with zero attached hydrogens (tertiary/aromatic N) is 6. The van der Waals surface area contributed by atoms with Crippen LogP contribution >= 0.6 is 0 Å². The highest BCUT2D eigenvalue weighted by atomic mass is 16.3. The van der Waals surface area contributed by atoms with E-state index in [1.54, 1.807) is 17.1 Å². The fourth-order valence-electron chi connectivity index (χ4n) is 5.05. The van der Waals surface area contributed by atoms with Gasteiger partial charge in [-0.25, -0.2) is 4.68 Å². The van der Waals surface area contributed by atoms with Crippen molar-refractivity contribution in [3.8, 4) is 0 Å². The quantitative estimate of drug-likeness (QED) is 0.281. The van der Waals surface area contributed by atoms with E-state index in [1.165, 1.54) is 0 Å². The summed E-state index contributed by atoms with van der Waals surface area (Å²) in [6.45, 7) is 5.53. The molecule has 1 atom stereocenters. The molecule has 0 fully saturated rings. The molecular formula is C31H29N7O2. The normalized spacial score (nSPS) is 12.3. The summed E-state index contributed by atoms with van der Waals surface area (Å²) in [6, 6.07) is 23.4. The molecule has 4 heterocycles. The zero-order valence-electron chi connectivity index (χ0n) is 22.4. The molecule has 6 aromatic rings. The predicted molar refractivity (Wildman–Crippen MR) is 151 cm³/mol. The first kappa shape index (κ1) is 25.4. The number of aryl methyl sites for hydroxylation is 2. The molecule has 0 saturated carbocycles. The average Bonchev–Trinajstić information content (AvgIpc) is 3.64. The van der Waals surface area contributed by atoms with E-state index in [0.29, 0.717) is 36.8 Å². The summed E-state index contributed by atoms with van der Waals surface area (Å²) in [5.74, 6) is 1.26. The zero-order valence-corrected chi connectivity index (χ0v) is 22.4. The molecule has 6 rings (SSSR count). The van der Waals surface area contributed by atoms with Gasteiger partial charge in [-0.1, -0.05) is 36.4 Å². The van der Waals surface area contributed by atoms with Crippen molar-refractivity contribution in [1.82, 2.24) is 35.1 Å². The molecule has 0 saturated heterocycles. The second-order valence-corrected chi connectivity index (χ2v) is 10.0. The van der Waals surface area contributed by atoms with Crippen molar-refractivity contribution in [2.24, 2.45) is 0 Å². The van der Waals surface area contributed by atoms with Gasteiger partial charge in [-0.05, 0) is 88.3 Å². The van der Waals surface area contributed by atoms with Crippen LogP contribution in [0.4, 0.5) is 0 Å². The van der Waals surface area contributed by atoms with Crippen molar-refractivity contribution >= 4 is 10.9 Å². The lowest BCUT2D eigenvalue weighted by atomic mass is 9.99. The molecule has 9 heteroatoms. The Morgan fingerprint density at radius 2 is 1.75 bits per heavy atom. The fraction of sp³-hybridized carbons (Fsp3) is 0.194. The summed E-state index contributed by atoms with van der Waals surface area (Å²) in [7, 11) is 0. The molecule has 0 radical (unpaired) electrons. The third kappa shape index (κ3) is 5.32. The van der Waals surface area contributed by atoms with Gasteiger partial charge >= 0.3 is 0 Å². The van der Waals surface area contributed by atoms with Gasteiger partial charge in [-0.15, -0.1) is 5.10 Å². The second-order valence-electron chi connectivity index (χ2n) is 10.0. The van der Waals surface area contributed by atoms with Crippen molar-refractivity contribution < 1.29 is 4.42 Å². The maximum atomic E-state index is 13.8. The van der Waals surface area contributed by atoms with E-state index in [1.807, 2.05) is 67.7 Å². The molecule has 0 unspecified atom stereocenters. The maximum Gasteiger partial charge on any atom is 0.253 e. The first-order valence-corrected chi connectivity index (χ1v) is 13.1. The van der Waals surface area contributed by atoms with Crippen LogP contribution in [0.2, 0.25) is 0 Å². The SMILES string of the molecule is Cc1cc2cc([C@H](c3nnnn3Cc3ccco3)N(Cc3ccccc3)Cc3cccnc3)c(=O)[nH]c2cc1C. The smallest absolute Gasteiger partial charge is 0.253 e. The average molecular weight is 532 g/mol. The number of hydrogen-bond donors (Lipinski definition) is 1. The maximum absolute atomic E-state index is 13.8. The first-order valence-electron chi connectivity index (χ1n) is 13.1. The van der Waals surface area contributed by atoms with Crippen molar-refractivity contribution in [3.05, 3.63) is 141 Å². The van der Waals surface area contributed by atoms with Gasteiger partial charge in [0.15, 0.2) is 5.82 Å². The van der Waals surface area contributed by atoms with Gasteiger partial charge in [0.25, 0.3) is 5.56 Å².